The maximum absolute atomic E-state index is 11.1. The Hall–Kier alpha value is -0.687. The van der Waals surface area contributed by atoms with Crippen molar-refractivity contribution in [1.82, 2.24) is 0 Å². The first-order chi connectivity index (χ1) is 6.86. The predicted molar refractivity (Wildman–Crippen MR) is 76.7 cm³/mol. The quantitative estimate of drug-likeness (QED) is 0.541. The third-order valence-corrected chi connectivity index (χ3v) is 3.23. The summed E-state index contributed by atoms with van der Waals surface area (Å²) in [5, 5.41) is 4.08. The van der Waals surface area contributed by atoms with E-state index in [1.165, 1.54) is 23.6 Å². The number of hydrogen-bond acceptors (Lipinski definition) is 1. The van der Waals surface area contributed by atoms with Gasteiger partial charge in [-0.3, -0.25) is 0 Å². The Morgan fingerprint density at radius 3 is 1.33 bits per heavy atom. The Bertz CT molecular complexity index is 396. The maximum atomic E-state index is 11.1. The van der Waals surface area contributed by atoms with Crippen molar-refractivity contribution in [3.8, 4) is 0 Å². The zero-order valence-corrected chi connectivity index (χ0v) is 14.4. The van der Waals surface area contributed by atoms with E-state index in [1.807, 2.05) is 13.8 Å². The van der Waals surface area contributed by atoms with Gasteiger partial charge in [0.15, 0.2) is 0 Å². The molecule has 1 rings (SSSR count). The van der Waals surface area contributed by atoms with E-state index in [0.29, 0.717) is 0 Å². The number of carbonyl (C=O) groups excluding carboxylic acids is 1. The number of hydrogen-bond donors (Lipinski definition) is 0. The molecule has 103 valence electrons. The largest absolute Gasteiger partial charge is 3.00 e. The summed E-state index contributed by atoms with van der Waals surface area (Å²) in [7, 11) is 0. The van der Waals surface area contributed by atoms with Crippen LogP contribution in [0, 0.1) is 49.5 Å². The van der Waals surface area contributed by atoms with Crippen molar-refractivity contribution in [2.45, 2.75) is 41.5 Å². The number of nitrogens with zero attached hydrogens (tertiary/aromatic N) is 1. The van der Waals surface area contributed by atoms with Gasteiger partial charge < -0.3 is 25.0 Å². The first kappa shape index (κ1) is 22.5. The zero-order valence-electron chi connectivity index (χ0n) is 12.7. The van der Waals surface area contributed by atoms with Crippen LogP contribution in [0.1, 0.15) is 34.7 Å². The van der Waals surface area contributed by atoms with E-state index in [4.69, 9.17) is 0 Å². The zero-order chi connectivity index (χ0) is 11.7. The Morgan fingerprint density at radius 2 is 1.06 bits per heavy atom. The van der Waals surface area contributed by atoms with Gasteiger partial charge in [0.25, 0.3) is 0 Å². The Kier molecular flexibility index (Phi) is 10.5. The summed E-state index contributed by atoms with van der Waals surface area (Å²) >= 11 is 0. The standard InChI is InChI=1S/C13H19NO.2CH3.Ru/c1-7-8(2)10(4)13(14-12(6)15)11(5)9(7)3;;;/h1-6H3,(H,14,15);2*1H3;/q;2*-1;+3/p-1. The Balaban J connectivity index is -0.000000750. The van der Waals surface area contributed by atoms with Crippen LogP contribution < -0.4 is 0 Å². The molecule has 0 N–H and O–H groups in total. The van der Waals surface area contributed by atoms with Crippen molar-refractivity contribution in [2.24, 2.45) is 0 Å². The fourth-order valence-electron chi connectivity index (χ4n) is 1.81. The summed E-state index contributed by atoms with van der Waals surface area (Å²) in [5.74, 6) is -0.135. The van der Waals surface area contributed by atoms with Crippen LogP contribution in [0.2, 0.25) is 0 Å². The van der Waals surface area contributed by atoms with Crippen molar-refractivity contribution in [2.75, 3.05) is 0 Å². The van der Waals surface area contributed by atoms with Crippen molar-refractivity contribution in [1.29, 1.82) is 0 Å². The van der Waals surface area contributed by atoms with Crippen LogP contribution in [0.3, 0.4) is 0 Å². The summed E-state index contributed by atoms with van der Waals surface area (Å²) in [4.78, 5) is 11.1. The van der Waals surface area contributed by atoms with Gasteiger partial charge in [-0.2, -0.15) is 0 Å². The van der Waals surface area contributed by atoms with Gasteiger partial charge in [0.05, 0.1) is 5.91 Å². The summed E-state index contributed by atoms with van der Waals surface area (Å²) < 4.78 is 0. The molecule has 0 spiro atoms. The summed E-state index contributed by atoms with van der Waals surface area (Å²) in [6.07, 6.45) is 0. The average Bonchev–Trinajstić information content (AvgIpc) is 2.18. The molecule has 0 fully saturated rings. The van der Waals surface area contributed by atoms with Crippen LogP contribution in [-0.2, 0) is 24.3 Å². The SMILES string of the molecule is CC(=O)[N-]c1c(C)c(C)c(C)c(C)c1C.[CH3-].[CH3-].[Ru+3]. The number of carbonyl (C=O) groups is 1. The molecule has 0 saturated carbocycles. The van der Waals surface area contributed by atoms with Crippen molar-refractivity contribution in [3.05, 3.63) is 48.0 Å². The van der Waals surface area contributed by atoms with Gasteiger partial charge in [-0.05, 0) is 58.2 Å². The van der Waals surface area contributed by atoms with E-state index in [2.05, 4.69) is 26.1 Å². The first-order valence-electron chi connectivity index (χ1n) is 5.15. The van der Waals surface area contributed by atoms with Crippen LogP contribution in [0.4, 0.5) is 5.69 Å². The van der Waals surface area contributed by atoms with Gasteiger partial charge in [-0.25, -0.2) is 0 Å². The number of rotatable bonds is 1. The fraction of sp³-hybridized carbons (Fsp3) is 0.400. The van der Waals surface area contributed by atoms with Crippen LogP contribution in [0.25, 0.3) is 5.32 Å². The molecule has 1 aromatic rings. The third kappa shape index (κ3) is 4.21. The Morgan fingerprint density at radius 1 is 0.778 bits per heavy atom. The second-order valence-electron chi connectivity index (χ2n) is 4.10. The van der Waals surface area contributed by atoms with Gasteiger partial charge in [-0.15, -0.1) is 5.69 Å². The van der Waals surface area contributed by atoms with E-state index in [-0.39, 0.29) is 40.2 Å². The molecule has 0 aliphatic rings. The number of amides is 1. The summed E-state index contributed by atoms with van der Waals surface area (Å²) in [5.41, 5.74) is 6.85. The van der Waals surface area contributed by atoms with Crippen LogP contribution in [0.5, 0.6) is 0 Å². The molecular weight excluding hydrogens is 311 g/mol. The molecule has 0 aliphatic carbocycles. The second-order valence-corrected chi connectivity index (χ2v) is 4.10. The summed E-state index contributed by atoms with van der Waals surface area (Å²) in [6, 6.07) is 0. The minimum atomic E-state index is -0.135. The van der Waals surface area contributed by atoms with E-state index in [1.54, 1.807) is 0 Å². The normalized spacial score (nSPS) is 8.56. The van der Waals surface area contributed by atoms with E-state index in [0.717, 1.165) is 16.8 Å². The topological polar surface area (TPSA) is 31.2 Å². The van der Waals surface area contributed by atoms with E-state index in [9.17, 15) is 4.79 Å². The maximum Gasteiger partial charge on any atom is 3.00 e. The predicted octanol–water partition coefficient (Wildman–Crippen LogP) is 4.68. The molecule has 2 nitrogen and oxygen atoms in total. The molecule has 18 heavy (non-hydrogen) atoms. The van der Waals surface area contributed by atoms with Gasteiger partial charge in [0, 0.05) is 0 Å². The van der Waals surface area contributed by atoms with Crippen LogP contribution in [0.15, 0.2) is 0 Å². The molecule has 3 heteroatoms. The van der Waals surface area contributed by atoms with Crippen LogP contribution >= 0.6 is 0 Å². The molecule has 1 amide bonds. The fourth-order valence-corrected chi connectivity index (χ4v) is 1.81. The minimum Gasteiger partial charge on any atom is -0.627 e. The van der Waals surface area contributed by atoms with Gasteiger partial charge in [0.1, 0.15) is 0 Å². The molecule has 0 atom stereocenters. The van der Waals surface area contributed by atoms with Gasteiger partial charge in [0.2, 0.25) is 0 Å². The minimum absolute atomic E-state index is 0. The smallest absolute Gasteiger partial charge is 0.627 e. The van der Waals surface area contributed by atoms with Crippen molar-refractivity contribution >= 4 is 11.6 Å². The van der Waals surface area contributed by atoms with E-state index >= 15 is 0 Å². The second kappa shape index (κ2) is 8.42. The first-order valence-corrected chi connectivity index (χ1v) is 5.15. The molecule has 1 radical (unpaired) electrons. The van der Waals surface area contributed by atoms with Crippen LogP contribution in [-0.4, -0.2) is 5.91 Å². The third-order valence-electron chi connectivity index (χ3n) is 3.23. The molecule has 0 unspecified atom stereocenters. The van der Waals surface area contributed by atoms with Crippen molar-refractivity contribution in [3.63, 3.8) is 0 Å². The molecule has 0 aromatic heterocycles. The average molecular weight is 335 g/mol. The van der Waals surface area contributed by atoms with Gasteiger partial charge >= 0.3 is 19.5 Å². The van der Waals surface area contributed by atoms with E-state index < -0.39 is 0 Å². The van der Waals surface area contributed by atoms with Gasteiger partial charge in [-0.1, -0.05) is 11.1 Å². The Labute approximate surface area is 125 Å². The summed E-state index contributed by atoms with van der Waals surface area (Å²) in [6.45, 7) is 11.8. The molecular formula is C15H24NORu. The molecule has 0 bridgehead atoms. The number of benzene rings is 1. The monoisotopic (exact) mass is 336 g/mol. The molecule has 0 heterocycles. The molecule has 0 aliphatic heterocycles. The molecule has 1 aromatic carbocycles. The molecule has 0 saturated heterocycles. The van der Waals surface area contributed by atoms with Crippen molar-refractivity contribution < 1.29 is 24.3 Å².